The van der Waals surface area contributed by atoms with Crippen LogP contribution < -0.4 is 5.32 Å². The predicted octanol–water partition coefficient (Wildman–Crippen LogP) is 2.33. The second-order valence-corrected chi connectivity index (χ2v) is 5.31. The summed E-state index contributed by atoms with van der Waals surface area (Å²) in [4.78, 5) is 2.52. The van der Waals surface area contributed by atoms with Gasteiger partial charge in [0.1, 0.15) is 11.5 Å². The smallest absolute Gasteiger partial charge is 0.121 e. The average Bonchev–Trinajstić information content (AvgIpc) is 2.63. The monoisotopic (exact) mass is 222 g/mol. The first kappa shape index (κ1) is 11.7. The molecule has 0 saturated carbocycles. The van der Waals surface area contributed by atoms with Gasteiger partial charge in [0.25, 0.3) is 0 Å². The second-order valence-electron chi connectivity index (χ2n) is 5.31. The zero-order valence-electron chi connectivity index (χ0n) is 10.7. The Morgan fingerprint density at radius 3 is 2.75 bits per heavy atom. The van der Waals surface area contributed by atoms with Gasteiger partial charge in [0.15, 0.2) is 0 Å². The van der Waals surface area contributed by atoms with Crippen molar-refractivity contribution in [2.75, 3.05) is 19.6 Å². The lowest BCUT2D eigenvalue weighted by molar-refractivity contribution is 0.0424. The minimum atomic E-state index is 0.193. The standard InChI is InChI=1S/C13H22N2O/c1-10-5-6-12(16-10)11(2)15-8-7-14-9-13(15,3)4/h5-6,11,14H,7-9H2,1-4H3. The molecule has 0 bridgehead atoms. The van der Waals surface area contributed by atoms with E-state index in [4.69, 9.17) is 4.42 Å². The van der Waals surface area contributed by atoms with Crippen LogP contribution in [0.1, 0.15) is 38.3 Å². The van der Waals surface area contributed by atoms with Crippen LogP contribution in [0.5, 0.6) is 0 Å². The van der Waals surface area contributed by atoms with Crippen LogP contribution in [0.15, 0.2) is 16.5 Å². The Hall–Kier alpha value is -0.800. The minimum absolute atomic E-state index is 0.193. The third-order valence-electron chi connectivity index (χ3n) is 3.51. The van der Waals surface area contributed by atoms with Crippen LogP contribution in [-0.2, 0) is 0 Å². The summed E-state index contributed by atoms with van der Waals surface area (Å²) in [5.74, 6) is 2.07. The van der Waals surface area contributed by atoms with E-state index in [9.17, 15) is 0 Å². The van der Waals surface area contributed by atoms with Gasteiger partial charge in [-0.15, -0.1) is 0 Å². The summed E-state index contributed by atoms with van der Waals surface area (Å²) in [6, 6.07) is 4.49. The lowest BCUT2D eigenvalue weighted by Gasteiger charge is -2.45. The molecule has 2 heterocycles. The van der Waals surface area contributed by atoms with Gasteiger partial charge < -0.3 is 9.73 Å². The summed E-state index contributed by atoms with van der Waals surface area (Å²) in [6.07, 6.45) is 0. The van der Waals surface area contributed by atoms with E-state index in [1.54, 1.807) is 0 Å². The molecule has 0 aliphatic carbocycles. The summed E-state index contributed by atoms with van der Waals surface area (Å²) >= 11 is 0. The Morgan fingerprint density at radius 1 is 1.44 bits per heavy atom. The van der Waals surface area contributed by atoms with Crippen molar-refractivity contribution in [1.82, 2.24) is 10.2 Å². The molecule has 1 aromatic rings. The quantitative estimate of drug-likeness (QED) is 0.832. The number of nitrogens with one attached hydrogen (secondary N) is 1. The summed E-state index contributed by atoms with van der Waals surface area (Å²) in [5.41, 5.74) is 0.193. The Bertz CT molecular complexity index is 357. The number of aryl methyl sites for hydroxylation is 1. The molecule has 1 atom stereocenters. The van der Waals surface area contributed by atoms with Crippen molar-refractivity contribution in [3.8, 4) is 0 Å². The van der Waals surface area contributed by atoms with Crippen molar-refractivity contribution in [1.29, 1.82) is 0 Å². The summed E-state index contributed by atoms with van der Waals surface area (Å²) in [6.45, 7) is 12.0. The van der Waals surface area contributed by atoms with Crippen molar-refractivity contribution in [2.45, 2.75) is 39.3 Å². The summed E-state index contributed by atoms with van der Waals surface area (Å²) in [5, 5.41) is 3.44. The molecular formula is C13H22N2O. The molecule has 1 aromatic heterocycles. The van der Waals surface area contributed by atoms with E-state index in [1.807, 2.05) is 13.0 Å². The van der Waals surface area contributed by atoms with E-state index in [2.05, 4.69) is 37.1 Å². The van der Waals surface area contributed by atoms with Gasteiger partial charge in [0.2, 0.25) is 0 Å². The second kappa shape index (κ2) is 4.22. The van der Waals surface area contributed by atoms with Crippen LogP contribution >= 0.6 is 0 Å². The first-order chi connectivity index (χ1) is 7.50. The maximum atomic E-state index is 5.73. The fourth-order valence-corrected chi connectivity index (χ4v) is 2.55. The molecule has 1 saturated heterocycles. The van der Waals surface area contributed by atoms with Crippen molar-refractivity contribution < 1.29 is 4.42 Å². The normalized spacial score (nSPS) is 23.2. The van der Waals surface area contributed by atoms with Gasteiger partial charge in [-0.3, -0.25) is 4.90 Å². The van der Waals surface area contributed by atoms with Crippen molar-refractivity contribution >= 4 is 0 Å². The van der Waals surface area contributed by atoms with Crippen LogP contribution in [0.2, 0.25) is 0 Å². The largest absolute Gasteiger partial charge is 0.465 e. The van der Waals surface area contributed by atoms with Gasteiger partial charge >= 0.3 is 0 Å². The molecule has 0 aromatic carbocycles. The van der Waals surface area contributed by atoms with Crippen LogP contribution in [0.25, 0.3) is 0 Å². The number of rotatable bonds is 2. The molecule has 16 heavy (non-hydrogen) atoms. The zero-order valence-corrected chi connectivity index (χ0v) is 10.7. The van der Waals surface area contributed by atoms with E-state index in [0.717, 1.165) is 31.2 Å². The highest BCUT2D eigenvalue weighted by Gasteiger charge is 2.34. The first-order valence-corrected chi connectivity index (χ1v) is 6.04. The van der Waals surface area contributed by atoms with Gasteiger partial charge in [-0.2, -0.15) is 0 Å². The molecule has 1 aliphatic heterocycles. The maximum Gasteiger partial charge on any atom is 0.121 e. The third-order valence-corrected chi connectivity index (χ3v) is 3.51. The molecule has 3 heteroatoms. The highest BCUT2D eigenvalue weighted by molar-refractivity contribution is 5.10. The highest BCUT2D eigenvalue weighted by atomic mass is 16.3. The molecule has 1 unspecified atom stereocenters. The van der Waals surface area contributed by atoms with Crippen molar-refractivity contribution in [2.24, 2.45) is 0 Å². The number of nitrogens with zero attached hydrogens (tertiary/aromatic N) is 1. The van der Waals surface area contributed by atoms with E-state index in [-0.39, 0.29) is 5.54 Å². The molecule has 2 rings (SSSR count). The fraction of sp³-hybridized carbons (Fsp3) is 0.692. The average molecular weight is 222 g/mol. The van der Waals surface area contributed by atoms with E-state index >= 15 is 0 Å². The molecule has 0 spiro atoms. The van der Waals surface area contributed by atoms with E-state index in [1.165, 1.54) is 0 Å². The van der Waals surface area contributed by atoms with E-state index in [0.29, 0.717) is 6.04 Å². The molecule has 1 fully saturated rings. The Labute approximate surface area is 97.8 Å². The lowest BCUT2D eigenvalue weighted by Crippen LogP contribution is -2.58. The Balaban J connectivity index is 2.17. The molecule has 0 radical (unpaired) electrons. The van der Waals surface area contributed by atoms with Crippen LogP contribution in [0.4, 0.5) is 0 Å². The van der Waals surface area contributed by atoms with E-state index < -0.39 is 0 Å². The van der Waals surface area contributed by atoms with Crippen LogP contribution in [0, 0.1) is 6.92 Å². The van der Waals surface area contributed by atoms with Crippen LogP contribution in [-0.4, -0.2) is 30.1 Å². The molecule has 3 nitrogen and oxygen atoms in total. The van der Waals surface area contributed by atoms with Gasteiger partial charge in [0.05, 0.1) is 6.04 Å². The van der Waals surface area contributed by atoms with Gasteiger partial charge in [0, 0.05) is 25.2 Å². The molecule has 1 aliphatic rings. The molecule has 1 N–H and O–H groups in total. The predicted molar refractivity (Wildman–Crippen MR) is 65.5 cm³/mol. The van der Waals surface area contributed by atoms with Crippen LogP contribution in [0.3, 0.4) is 0 Å². The molecule has 0 amide bonds. The third kappa shape index (κ3) is 2.15. The SMILES string of the molecule is Cc1ccc(C(C)N2CCNCC2(C)C)o1. The number of hydrogen-bond acceptors (Lipinski definition) is 3. The fourth-order valence-electron chi connectivity index (χ4n) is 2.55. The Morgan fingerprint density at radius 2 is 2.19 bits per heavy atom. The number of furan rings is 1. The van der Waals surface area contributed by atoms with Crippen molar-refractivity contribution in [3.05, 3.63) is 23.7 Å². The van der Waals surface area contributed by atoms with Gasteiger partial charge in [-0.25, -0.2) is 0 Å². The van der Waals surface area contributed by atoms with Gasteiger partial charge in [-0.1, -0.05) is 0 Å². The molecule has 90 valence electrons. The Kier molecular flexibility index (Phi) is 3.08. The minimum Gasteiger partial charge on any atom is -0.465 e. The number of piperazine rings is 1. The molecular weight excluding hydrogens is 200 g/mol. The summed E-state index contributed by atoms with van der Waals surface area (Å²) in [7, 11) is 0. The number of hydrogen-bond donors (Lipinski definition) is 1. The first-order valence-electron chi connectivity index (χ1n) is 6.04. The zero-order chi connectivity index (χ0) is 11.8. The summed E-state index contributed by atoms with van der Waals surface area (Å²) < 4.78 is 5.73. The highest BCUT2D eigenvalue weighted by Crippen LogP contribution is 2.29. The topological polar surface area (TPSA) is 28.4 Å². The lowest BCUT2D eigenvalue weighted by atomic mass is 9.97. The maximum absolute atomic E-state index is 5.73. The van der Waals surface area contributed by atoms with Crippen molar-refractivity contribution in [3.63, 3.8) is 0 Å². The van der Waals surface area contributed by atoms with Gasteiger partial charge in [-0.05, 0) is 39.8 Å².